The van der Waals surface area contributed by atoms with Gasteiger partial charge in [0.25, 0.3) is 0 Å². The van der Waals surface area contributed by atoms with Crippen LogP contribution < -0.4 is 5.32 Å². The van der Waals surface area contributed by atoms with Gasteiger partial charge >= 0.3 is 0 Å². The van der Waals surface area contributed by atoms with Crippen molar-refractivity contribution < 1.29 is 9.59 Å². The third-order valence-electron chi connectivity index (χ3n) is 7.36. The molecule has 1 N–H and O–H groups in total. The molecule has 1 spiro atoms. The van der Waals surface area contributed by atoms with Gasteiger partial charge in [0.15, 0.2) is 5.78 Å². The Bertz CT molecular complexity index is 1210. The molecular weight excluding hydrogens is 422 g/mol. The number of anilines is 1. The highest BCUT2D eigenvalue weighted by molar-refractivity contribution is 6.30. The fraction of sp³-hybridized carbons (Fsp3) is 0.269. The van der Waals surface area contributed by atoms with Crippen LogP contribution in [0.3, 0.4) is 0 Å². The molecular formula is C26H22ClN3O2. The first-order chi connectivity index (χ1) is 15.6. The standard InChI is InChI=1S/C26H22ClN3O2/c27-17-12-10-16(11-13-17)22-21-9-5-15-30(21)26(18-6-1-2-7-19(18)29-25(26)32)23(22)24(31)20-8-3-4-14-28-20/h1-4,6-8,10-14,21-23H,5,9,15H2,(H,29,32)/t21-,22-,23-,26+/m1/s1. The lowest BCUT2D eigenvalue weighted by molar-refractivity contribution is -0.127. The molecule has 0 aliphatic carbocycles. The van der Waals surface area contributed by atoms with Crippen molar-refractivity contribution in [3.63, 3.8) is 0 Å². The van der Waals surface area contributed by atoms with Crippen molar-refractivity contribution >= 4 is 29.0 Å². The maximum absolute atomic E-state index is 14.2. The van der Waals surface area contributed by atoms with Crippen molar-refractivity contribution in [2.45, 2.75) is 30.3 Å². The van der Waals surface area contributed by atoms with E-state index in [-0.39, 0.29) is 23.7 Å². The van der Waals surface area contributed by atoms with Gasteiger partial charge in [0.2, 0.25) is 5.91 Å². The van der Waals surface area contributed by atoms with Crippen LogP contribution in [0.2, 0.25) is 5.02 Å². The lowest BCUT2D eigenvalue weighted by Gasteiger charge is -2.36. The van der Waals surface area contributed by atoms with E-state index in [0.29, 0.717) is 10.7 Å². The molecule has 0 unspecified atom stereocenters. The summed E-state index contributed by atoms with van der Waals surface area (Å²) in [6.45, 7) is 0.780. The number of Topliss-reactive ketones (excluding diaryl/α,β-unsaturated/α-hetero) is 1. The first kappa shape index (κ1) is 19.6. The molecule has 3 aliphatic rings. The molecule has 3 aliphatic heterocycles. The van der Waals surface area contributed by atoms with Crippen LogP contribution >= 0.6 is 11.6 Å². The summed E-state index contributed by atoms with van der Waals surface area (Å²) in [6, 6.07) is 21.0. The zero-order valence-electron chi connectivity index (χ0n) is 17.4. The summed E-state index contributed by atoms with van der Waals surface area (Å²) in [6.07, 6.45) is 3.57. The number of pyridine rings is 1. The highest BCUT2D eigenvalue weighted by Crippen LogP contribution is 2.61. The van der Waals surface area contributed by atoms with Crippen LogP contribution in [0.25, 0.3) is 0 Å². The number of rotatable bonds is 3. The summed E-state index contributed by atoms with van der Waals surface area (Å²) in [4.78, 5) is 34.6. The average molecular weight is 444 g/mol. The number of para-hydroxylation sites is 1. The molecule has 4 atom stereocenters. The van der Waals surface area contributed by atoms with Crippen LogP contribution in [0, 0.1) is 5.92 Å². The number of carbonyl (C=O) groups excluding carboxylic acids is 2. The minimum Gasteiger partial charge on any atom is -0.324 e. The number of halogens is 1. The molecule has 5 nitrogen and oxygen atoms in total. The zero-order chi connectivity index (χ0) is 21.9. The van der Waals surface area contributed by atoms with E-state index in [1.54, 1.807) is 18.3 Å². The molecule has 2 saturated heterocycles. The second-order valence-electron chi connectivity index (χ2n) is 8.80. The third-order valence-corrected chi connectivity index (χ3v) is 7.61. The number of hydrogen-bond acceptors (Lipinski definition) is 4. The first-order valence-corrected chi connectivity index (χ1v) is 11.4. The number of ketones is 1. The Labute approximate surface area is 191 Å². The summed E-state index contributed by atoms with van der Waals surface area (Å²) in [5, 5.41) is 3.74. The molecule has 1 aromatic heterocycles. The SMILES string of the molecule is O=C(c1ccccn1)[C@H]1[C@H](c2ccc(Cl)cc2)[C@H]2CCCN2[C@]12C(=O)Nc1ccccc12. The van der Waals surface area contributed by atoms with Gasteiger partial charge in [-0.1, -0.05) is 48.0 Å². The van der Waals surface area contributed by atoms with Crippen molar-refractivity contribution in [2.75, 3.05) is 11.9 Å². The average Bonchev–Trinajstić information content (AvgIpc) is 3.48. The maximum atomic E-state index is 14.2. The molecule has 3 aromatic rings. The molecule has 0 radical (unpaired) electrons. The Balaban J connectivity index is 1.62. The van der Waals surface area contributed by atoms with Gasteiger partial charge in [-0.25, -0.2) is 0 Å². The number of benzene rings is 2. The lowest BCUT2D eigenvalue weighted by Crippen LogP contribution is -2.53. The van der Waals surface area contributed by atoms with Crippen LogP contribution in [-0.4, -0.2) is 34.2 Å². The van der Waals surface area contributed by atoms with E-state index in [2.05, 4.69) is 15.2 Å². The molecule has 32 heavy (non-hydrogen) atoms. The predicted molar refractivity (Wildman–Crippen MR) is 123 cm³/mol. The fourth-order valence-corrected chi connectivity index (χ4v) is 6.37. The number of nitrogens with one attached hydrogen (secondary N) is 1. The van der Waals surface area contributed by atoms with E-state index in [1.165, 1.54) is 0 Å². The minimum atomic E-state index is -1.04. The molecule has 160 valence electrons. The van der Waals surface area contributed by atoms with Crippen molar-refractivity contribution in [3.8, 4) is 0 Å². The highest BCUT2D eigenvalue weighted by atomic mass is 35.5. The minimum absolute atomic E-state index is 0.0887. The third kappa shape index (κ3) is 2.58. The molecule has 6 heteroatoms. The number of fused-ring (bicyclic) bond motifs is 4. The van der Waals surface area contributed by atoms with Gasteiger partial charge < -0.3 is 5.32 Å². The van der Waals surface area contributed by atoms with Crippen molar-refractivity contribution in [2.24, 2.45) is 5.92 Å². The van der Waals surface area contributed by atoms with Gasteiger partial charge in [0.05, 0.1) is 5.92 Å². The predicted octanol–water partition coefficient (Wildman–Crippen LogP) is 4.64. The quantitative estimate of drug-likeness (QED) is 0.599. The largest absolute Gasteiger partial charge is 0.324 e. The van der Waals surface area contributed by atoms with E-state index in [4.69, 9.17) is 11.6 Å². The van der Waals surface area contributed by atoms with E-state index in [0.717, 1.165) is 36.2 Å². The van der Waals surface area contributed by atoms with Crippen LogP contribution in [-0.2, 0) is 10.3 Å². The van der Waals surface area contributed by atoms with E-state index >= 15 is 0 Å². The van der Waals surface area contributed by atoms with Gasteiger partial charge in [-0.3, -0.25) is 19.5 Å². The number of hydrogen-bond donors (Lipinski definition) is 1. The Morgan fingerprint density at radius 3 is 2.62 bits per heavy atom. The van der Waals surface area contributed by atoms with Gasteiger partial charge in [-0.15, -0.1) is 0 Å². The maximum Gasteiger partial charge on any atom is 0.250 e. The lowest BCUT2D eigenvalue weighted by atomic mass is 9.69. The second kappa shape index (κ2) is 7.26. The van der Waals surface area contributed by atoms with Crippen LogP contribution in [0.15, 0.2) is 72.9 Å². The summed E-state index contributed by atoms with van der Waals surface area (Å²) < 4.78 is 0. The van der Waals surface area contributed by atoms with Gasteiger partial charge in [0.1, 0.15) is 11.2 Å². The summed E-state index contributed by atoms with van der Waals surface area (Å²) in [5.41, 5.74) is 2.07. The summed E-state index contributed by atoms with van der Waals surface area (Å²) >= 11 is 6.18. The molecule has 0 saturated carbocycles. The van der Waals surface area contributed by atoms with E-state index < -0.39 is 11.5 Å². The molecule has 4 heterocycles. The Morgan fingerprint density at radius 2 is 1.84 bits per heavy atom. The summed E-state index contributed by atoms with van der Waals surface area (Å²) in [5.74, 6) is -0.933. The Hall–Kier alpha value is -3.02. The smallest absolute Gasteiger partial charge is 0.250 e. The normalized spacial score (nSPS) is 28.5. The topological polar surface area (TPSA) is 62.3 Å². The monoisotopic (exact) mass is 443 g/mol. The summed E-state index contributed by atoms with van der Waals surface area (Å²) in [7, 11) is 0. The van der Waals surface area contributed by atoms with Crippen molar-refractivity contribution in [3.05, 3.63) is 94.8 Å². The van der Waals surface area contributed by atoms with Crippen LogP contribution in [0.5, 0.6) is 0 Å². The van der Waals surface area contributed by atoms with E-state index in [9.17, 15) is 9.59 Å². The van der Waals surface area contributed by atoms with Crippen LogP contribution in [0.4, 0.5) is 5.69 Å². The van der Waals surface area contributed by atoms with E-state index in [1.807, 2.05) is 54.6 Å². The number of amides is 1. The number of nitrogens with zero attached hydrogens (tertiary/aromatic N) is 2. The molecule has 1 amide bonds. The number of carbonyl (C=O) groups is 2. The number of aromatic nitrogens is 1. The Morgan fingerprint density at radius 1 is 1.06 bits per heavy atom. The molecule has 2 aromatic carbocycles. The highest BCUT2D eigenvalue weighted by Gasteiger charge is 2.69. The first-order valence-electron chi connectivity index (χ1n) is 11.0. The molecule has 2 fully saturated rings. The molecule has 6 rings (SSSR count). The molecule has 0 bridgehead atoms. The second-order valence-corrected chi connectivity index (χ2v) is 9.24. The van der Waals surface area contributed by atoms with Gasteiger partial charge in [-0.05, 0) is 55.3 Å². The Kier molecular flexibility index (Phi) is 4.46. The van der Waals surface area contributed by atoms with Gasteiger partial charge in [0, 0.05) is 34.4 Å². The van der Waals surface area contributed by atoms with Crippen molar-refractivity contribution in [1.82, 2.24) is 9.88 Å². The van der Waals surface area contributed by atoms with Crippen molar-refractivity contribution in [1.29, 1.82) is 0 Å². The fourth-order valence-electron chi connectivity index (χ4n) is 6.24. The zero-order valence-corrected chi connectivity index (χ0v) is 18.1. The van der Waals surface area contributed by atoms with Gasteiger partial charge in [-0.2, -0.15) is 0 Å². The van der Waals surface area contributed by atoms with Crippen LogP contribution in [0.1, 0.15) is 40.4 Å².